The maximum Gasteiger partial charge on any atom is 0.255 e. The number of carbonyl (C=O) groups is 1. The Morgan fingerprint density at radius 1 is 1.45 bits per heavy atom. The van der Waals surface area contributed by atoms with E-state index in [1.807, 2.05) is 0 Å². The molecule has 0 unspecified atom stereocenters. The molecule has 2 N–H and O–H groups in total. The summed E-state index contributed by atoms with van der Waals surface area (Å²) in [5, 5.41) is 5.22. The summed E-state index contributed by atoms with van der Waals surface area (Å²) in [5.41, 5.74) is 0.109. The maximum atomic E-state index is 12.2. The molecule has 0 bridgehead atoms. The van der Waals surface area contributed by atoms with Gasteiger partial charge in [0.15, 0.2) is 0 Å². The smallest absolute Gasteiger partial charge is 0.255 e. The van der Waals surface area contributed by atoms with Gasteiger partial charge in [0.25, 0.3) is 5.91 Å². The van der Waals surface area contributed by atoms with Crippen LogP contribution < -0.4 is 5.14 Å². The van der Waals surface area contributed by atoms with Gasteiger partial charge in [0, 0.05) is 27.3 Å². The number of nitrogens with two attached hydrogens (primary N) is 1. The van der Waals surface area contributed by atoms with E-state index in [0.29, 0.717) is 19.6 Å². The van der Waals surface area contributed by atoms with Crippen LogP contribution in [-0.4, -0.2) is 46.5 Å². The van der Waals surface area contributed by atoms with Crippen LogP contribution in [0.15, 0.2) is 23.1 Å². The number of benzene rings is 1. The Morgan fingerprint density at radius 2 is 2.10 bits per heavy atom. The molecule has 6 nitrogen and oxygen atoms in total. The lowest BCUT2D eigenvalue weighted by atomic mass is 10.2. The first kappa shape index (κ1) is 16.9. The van der Waals surface area contributed by atoms with Crippen LogP contribution in [0.2, 0.25) is 5.02 Å². The van der Waals surface area contributed by atoms with E-state index >= 15 is 0 Å². The number of hydrogen-bond donors (Lipinski definition) is 1. The Labute approximate surface area is 123 Å². The standard InChI is InChI=1S/C12H17ClN2O4S/c1-15(6-3-7-19-2)12(16)10-8-9(20(14,17)18)4-5-11(10)13/h4-5,8H,3,6-7H2,1-2H3,(H2,14,17,18). The van der Waals surface area contributed by atoms with Gasteiger partial charge in [-0.3, -0.25) is 4.79 Å². The second kappa shape index (κ2) is 7.03. The highest BCUT2D eigenvalue weighted by Gasteiger charge is 2.18. The van der Waals surface area contributed by atoms with E-state index in [9.17, 15) is 13.2 Å². The molecule has 0 fully saturated rings. The predicted octanol–water partition coefficient (Wildman–Crippen LogP) is 1.10. The molecule has 0 spiro atoms. The maximum absolute atomic E-state index is 12.2. The number of nitrogens with zero attached hydrogens (tertiary/aromatic N) is 1. The first-order valence-corrected chi connectivity index (χ1v) is 7.76. The lowest BCUT2D eigenvalue weighted by Gasteiger charge is -2.18. The van der Waals surface area contributed by atoms with Crippen molar-refractivity contribution in [1.29, 1.82) is 0 Å². The van der Waals surface area contributed by atoms with Crippen molar-refractivity contribution in [3.05, 3.63) is 28.8 Å². The van der Waals surface area contributed by atoms with Gasteiger partial charge in [0.2, 0.25) is 10.0 Å². The topological polar surface area (TPSA) is 89.7 Å². The molecule has 0 aliphatic heterocycles. The summed E-state index contributed by atoms with van der Waals surface area (Å²) < 4.78 is 27.5. The molecular weight excluding hydrogens is 304 g/mol. The van der Waals surface area contributed by atoms with Crippen molar-refractivity contribution >= 4 is 27.5 Å². The van der Waals surface area contributed by atoms with Crippen LogP contribution in [-0.2, 0) is 14.8 Å². The molecule has 0 atom stereocenters. The van der Waals surface area contributed by atoms with Crippen LogP contribution in [0.25, 0.3) is 0 Å². The van der Waals surface area contributed by atoms with Crippen molar-refractivity contribution < 1.29 is 17.9 Å². The number of carbonyl (C=O) groups excluding carboxylic acids is 1. The Bertz CT molecular complexity index is 589. The number of methoxy groups -OCH3 is 1. The van der Waals surface area contributed by atoms with Gasteiger partial charge in [-0.15, -0.1) is 0 Å². The summed E-state index contributed by atoms with van der Waals surface area (Å²) in [5.74, 6) is -0.364. The molecule has 1 aromatic carbocycles. The van der Waals surface area contributed by atoms with Gasteiger partial charge in [0.1, 0.15) is 0 Å². The molecule has 20 heavy (non-hydrogen) atoms. The van der Waals surface area contributed by atoms with Crippen LogP contribution >= 0.6 is 11.6 Å². The SMILES string of the molecule is COCCCN(C)C(=O)c1cc(S(N)(=O)=O)ccc1Cl. The fourth-order valence-electron chi connectivity index (χ4n) is 1.60. The van der Waals surface area contributed by atoms with E-state index < -0.39 is 10.0 Å². The second-order valence-corrected chi connectivity index (χ2v) is 6.23. The summed E-state index contributed by atoms with van der Waals surface area (Å²) in [6.45, 7) is 1.01. The van der Waals surface area contributed by atoms with E-state index in [-0.39, 0.29) is 21.4 Å². The zero-order valence-electron chi connectivity index (χ0n) is 11.3. The van der Waals surface area contributed by atoms with Gasteiger partial charge < -0.3 is 9.64 Å². The number of sulfonamides is 1. The van der Waals surface area contributed by atoms with Crippen LogP contribution in [0.3, 0.4) is 0 Å². The Kier molecular flexibility index (Phi) is 5.94. The summed E-state index contributed by atoms with van der Waals surface area (Å²) in [6, 6.07) is 3.80. The summed E-state index contributed by atoms with van der Waals surface area (Å²) in [6.07, 6.45) is 0.672. The highest BCUT2D eigenvalue weighted by Crippen LogP contribution is 2.21. The van der Waals surface area contributed by atoms with Crippen molar-refractivity contribution in [2.45, 2.75) is 11.3 Å². The molecule has 1 rings (SSSR count). The second-order valence-electron chi connectivity index (χ2n) is 4.26. The van der Waals surface area contributed by atoms with Crippen molar-refractivity contribution in [3.63, 3.8) is 0 Å². The molecule has 1 aromatic rings. The molecular formula is C12H17ClN2O4S. The van der Waals surface area contributed by atoms with E-state index in [1.54, 1.807) is 14.2 Å². The monoisotopic (exact) mass is 320 g/mol. The van der Waals surface area contributed by atoms with Crippen LogP contribution in [0, 0.1) is 0 Å². The third-order valence-electron chi connectivity index (χ3n) is 2.69. The number of ether oxygens (including phenoxy) is 1. The minimum absolute atomic E-state index is 0.109. The molecule has 0 saturated carbocycles. The molecule has 0 saturated heterocycles. The predicted molar refractivity (Wildman–Crippen MR) is 76.3 cm³/mol. The molecule has 112 valence electrons. The molecule has 0 heterocycles. The average Bonchev–Trinajstić information content (AvgIpc) is 2.37. The van der Waals surface area contributed by atoms with Gasteiger partial charge in [-0.1, -0.05) is 11.6 Å². The first-order chi connectivity index (χ1) is 9.27. The van der Waals surface area contributed by atoms with Crippen molar-refractivity contribution in [2.75, 3.05) is 27.3 Å². The quantitative estimate of drug-likeness (QED) is 0.795. The Morgan fingerprint density at radius 3 is 2.65 bits per heavy atom. The highest BCUT2D eigenvalue weighted by molar-refractivity contribution is 7.89. The largest absolute Gasteiger partial charge is 0.385 e. The van der Waals surface area contributed by atoms with Gasteiger partial charge >= 0.3 is 0 Å². The van der Waals surface area contributed by atoms with Crippen LogP contribution in [0.1, 0.15) is 16.8 Å². The van der Waals surface area contributed by atoms with E-state index in [2.05, 4.69) is 0 Å². The third-order valence-corrected chi connectivity index (χ3v) is 3.93. The van der Waals surface area contributed by atoms with Crippen molar-refractivity contribution in [3.8, 4) is 0 Å². The fourth-order valence-corrected chi connectivity index (χ4v) is 2.34. The molecule has 0 aromatic heterocycles. The van der Waals surface area contributed by atoms with Gasteiger partial charge in [-0.2, -0.15) is 0 Å². The highest BCUT2D eigenvalue weighted by atomic mass is 35.5. The number of primary sulfonamides is 1. The van der Waals surface area contributed by atoms with Gasteiger partial charge in [-0.05, 0) is 24.6 Å². The lowest BCUT2D eigenvalue weighted by Crippen LogP contribution is -2.29. The summed E-state index contributed by atoms with van der Waals surface area (Å²) in [4.78, 5) is 13.5. The molecule has 1 amide bonds. The Hall–Kier alpha value is -1.15. The van der Waals surface area contributed by atoms with Gasteiger partial charge in [0.05, 0.1) is 15.5 Å². The van der Waals surface area contributed by atoms with E-state index in [1.165, 1.54) is 23.1 Å². The van der Waals surface area contributed by atoms with Crippen molar-refractivity contribution in [2.24, 2.45) is 5.14 Å². The fraction of sp³-hybridized carbons (Fsp3) is 0.417. The first-order valence-electron chi connectivity index (χ1n) is 5.84. The van der Waals surface area contributed by atoms with Crippen molar-refractivity contribution in [1.82, 2.24) is 4.90 Å². The molecule has 0 aliphatic rings. The van der Waals surface area contributed by atoms with Crippen LogP contribution in [0.5, 0.6) is 0 Å². The minimum atomic E-state index is -3.87. The lowest BCUT2D eigenvalue weighted by molar-refractivity contribution is 0.0779. The van der Waals surface area contributed by atoms with Crippen LogP contribution in [0.4, 0.5) is 0 Å². The normalized spacial score (nSPS) is 11.4. The zero-order valence-corrected chi connectivity index (χ0v) is 12.9. The van der Waals surface area contributed by atoms with E-state index in [4.69, 9.17) is 21.5 Å². The number of hydrogen-bond acceptors (Lipinski definition) is 4. The number of halogens is 1. The molecule has 8 heteroatoms. The number of amides is 1. The molecule has 0 aliphatic carbocycles. The minimum Gasteiger partial charge on any atom is -0.385 e. The van der Waals surface area contributed by atoms with E-state index in [0.717, 1.165) is 0 Å². The summed E-state index contributed by atoms with van der Waals surface area (Å²) >= 11 is 5.94. The number of rotatable bonds is 6. The zero-order chi connectivity index (χ0) is 15.3. The third kappa shape index (κ3) is 4.45. The Balaban J connectivity index is 2.97. The van der Waals surface area contributed by atoms with Gasteiger partial charge in [-0.25, -0.2) is 13.6 Å². The average molecular weight is 321 g/mol. The molecule has 0 radical (unpaired) electrons. The summed E-state index contributed by atoms with van der Waals surface area (Å²) in [7, 11) is -0.685.